The van der Waals surface area contributed by atoms with Crippen LogP contribution >= 0.6 is 0 Å². The zero-order chi connectivity index (χ0) is 39.4. The molecule has 0 spiro atoms. The molecule has 2 aliphatic heterocycles. The largest absolute Gasteiger partial charge is 0.502 e. The van der Waals surface area contributed by atoms with Gasteiger partial charge in [-0.1, -0.05) is 103 Å². The minimum atomic E-state index is -1.41. The third-order valence-electron chi connectivity index (χ3n) is 13.4. The molecule has 5 aliphatic rings. The molecule has 9 nitrogen and oxygen atoms in total. The van der Waals surface area contributed by atoms with Gasteiger partial charge in [0.2, 0.25) is 17.6 Å². The van der Waals surface area contributed by atoms with Crippen LogP contribution in [0.3, 0.4) is 0 Å². The van der Waals surface area contributed by atoms with Crippen molar-refractivity contribution in [1.29, 1.82) is 0 Å². The monoisotopic (exact) mass is 762 g/mol. The molecule has 0 aromatic heterocycles. The highest BCUT2D eigenvalue weighted by Gasteiger charge is 2.66. The second kappa shape index (κ2) is 14.6. The first-order valence-electron chi connectivity index (χ1n) is 20.0. The molecule has 2 amide bonds. The predicted octanol–water partition coefficient (Wildman–Crippen LogP) is 6.90. The summed E-state index contributed by atoms with van der Waals surface area (Å²) in [5.74, 6) is -3.92. The molecule has 9 rings (SSSR count). The Morgan fingerprint density at radius 2 is 1.39 bits per heavy atom. The van der Waals surface area contributed by atoms with Crippen LogP contribution in [0.15, 0.2) is 121 Å². The first-order chi connectivity index (χ1) is 27.8. The van der Waals surface area contributed by atoms with Gasteiger partial charge < -0.3 is 14.6 Å². The van der Waals surface area contributed by atoms with E-state index in [4.69, 9.17) is 9.47 Å². The Morgan fingerprint density at radius 3 is 2.02 bits per heavy atom. The molecule has 57 heavy (non-hydrogen) atoms. The van der Waals surface area contributed by atoms with E-state index in [1.54, 1.807) is 17.0 Å². The van der Waals surface area contributed by atoms with Crippen molar-refractivity contribution in [1.82, 2.24) is 9.80 Å². The first-order valence-corrected chi connectivity index (χ1v) is 20.0. The lowest BCUT2D eigenvalue weighted by atomic mass is 9.44. The van der Waals surface area contributed by atoms with Crippen LogP contribution in [0.5, 0.6) is 17.2 Å². The van der Waals surface area contributed by atoms with Crippen LogP contribution in [0.2, 0.25) is 0 Å². The van der Waals surface area contributed by atoms with Crippen molar-refractivity contribution >= 4 is 29.0 Å². The van der Waals surface area contributed by atoms with Crippen LogP contribution in [0.25, 0.3) is 5.57 Å². The summed E-state index contributed by atoms with van der Waals surface area (Å²) in [5, 5.41) is 11.1. The fourth-order valence-corrected chi connectivity index (χ4v) is 10.9. The summed E-state index contributed by atoms with van der Waals surface area (Å²) in [7, 11) is 2.91. The maximum atomic E-state index is 15.4. The molecule has 6 unspecified atom stereocenters. The third-order valence-corrected chi connectivity index (χ3v) is 13.4. The Hall–Kier alpha value is -5.80. The molecule has 290 valence electrons. The van der Waals surface area contributed by atoms with E-state index in [9.17, 15) is 14.7 Å². The van der Waals surface area contributed by atoms with Crippen LogP contribution in [-0.2, 0) is 31.1 Å². The van der Waals surface area contributed by atoms with E-state index in [-0.39, 0.29) is 53.1 Å². The molecule has 4 aromatic rings. The fraction of sp³-hybridized carbons (Fsp3) is 0.333. The van der Waals surface area contributed by atoms with Gasteiger partial charge in [-0.2, -0.15) is 0 Å². The van der Waals surface area contributed by atoms with E-state index in [0.29, 0.717) is 41.5 Å². The van der Waals surface area contributed by atoms with Crippen LogP contribution in [-0.4, -0.2) is 71.6 Å². The summed E-state index contributed by atoms with van der Waals surface area (Å²) in [4.78, 5) is 63.9. The lowest BCUT2D eigenvalue weighted by molar-refractivity contribution is -0.144. The minimum absolute atomic E-state index is 0.137. The average Bonchev–Trinajstić information content (AvgIpc) is 3.51. The van der Waals surface area contributed by atoms with Crippen molar-refractivity contribution in [3.05, 3.63) is 143 Å². The van der Waals surface area contributed by atoms with E-state index >= 15 is 9.59 Å². The van der Waals surface area contributed by atoms with Crippen LogP contribution in [0, 0.1) is 23.7 Å². The molecule has 4 aromatic carbocycles. The fourth-order valence-electron chi connectivity index (χ4n) is 10.9. The van der Waals surface area contributed by atoms with Crippen molar-refractivity contribution in [3.8, 4) is 17.2 Å². The number of ether oxygens (including phenoxy) is 2. The molecule has 6 atom stereocenters. The molecule has 2 heterocycles. The number of benzene rings is 4. The van der Waals surface area contributed by atoms with Gasteiger partial charge in [-0.05, 0) is 72.1 Å². The predicted molar refractivity (Wildman–Crippen MR) is 214 cm³/mol. The van der Waals surface area contributed by atoms with E-state index in [2.05, 4.69) is 23.1 Å². The van der Waals surface area contributed by atoms with Crippen LogP contribution in [0.4, 0.5) is 0 Å². The number of imide groups is 1. The van der Waals surface area contributed by atoms with Crippen molar-refractivity contribution in [2.75, 3.05) is 27.3 Å². The Labute approximate surface area is 332 Å². The number of piperidine rings is 1. The van der Waals surface area contributed by atoms with Crippen molar-refractivity contribution in [2.24, 2.45) is 23.7 Å². The van der Waals surface area contributed by atoms with E-state index in [0.717, 1.165) is 25.2 Å². The topological polar surface area (TPSA) is 113 Å². The zero-order valence-corrected chi connectivity index (χ0v) is 32.2. The van der Waals surface area contributed by atoms with Crippen molar-refractivity contribution < 1.29 is 33.8 Å². The maximum Gasteiger partial charge on any atom is 0.233 e. The summed E-state index contributed by atoms with van der Waals surface area (Å²) < 4.78 is 11.3. The molecule has 2 saturated heterocycles. The number of carbonyl (C=O) groups excluding carboxylic acids is 4. The summed E-state index contributed by atoms with van der Waals surface area (Å²) >= 11 is 0. The number of phenols is 1. The number of likely N-dealkylation sites (tertiary alicyclic amines) is 2. The summed E-state index contributed by atoms with van der Waals surface area (Å²) in [6.45, 7) is 2.37. The Morgan fingerprint density at radius 1 is 0.772 bits per heavy atom. The summed E-state index contributed by atoms with van der Waals surface area (Å²) in [5.41, 5.74) is 2.97. The summed E-state index contributed by atoms with van der Waals surface area (Å²) in [6.07, 6.45) is 5.53. The van der Waals surface area contributed by atoms with Gasteiger partial charge in [0, 0.05) is 43.1 Å². The van der Waals surface area contributed by atoms with E-state index in [1.165, 1.54) is 25.9 Å². The number of carbonyl (C=O) groups is 4. The maximum absolute atomic E-state index is 15.4. The SMILES string of the molecule is COc1cc(C2C3=CCC4C(=O)N(C5CCN(Cc6ccccc6)CC5)C(=O)C4C3CC3C(=O)C(c4ccccc4)=CC(=O)C32c2ccccc2)cc(OC)c1O. The first kappa shape index (κ1) is 36.8. The van der Waals surface area contributed by atoms with Gasteiger partial charge in [-0.15, -0.1) is 0 Å². The second-order valence-electron chi connectivity index (χ2n) is 16.1. The highest BCUT2D eigenvalue weighted by molar-refractivity contribution is 6.31. The smallest absolute Gasteiger partial charge is 0.233 e. The van der Waals surface area contributed by atoms with Crippen LogP contribution in [0.1, 0.15) is 53.9 Å². The van der Waals surface area contributed by atoms with Gasteiger partial charge in [-0.25, -0.2) is 0 Å². The number of aromatic hydroxyl groups is 1. The Bertz CT molecular complexity index is 2270. The summed E-state index contributed by atoms with van der Waals surface area (Å²) in [6, 6.07) is 32.3. The molecule has 3 aliphatic carbocycles. The van der Waals surface area contributed by atoms with E-state index < -0.39 is 35.0 Å². The van der Waals surface area contributed by atoms with Crippen molar-refractivity contribution in [3.63, 3.8) is 0 Å². The lowest BCUT2D eigenvalue weighted by Gasteiger charge is -2.55. The van der Waals surface area contributed by atoms with Gasteiger partial charge in [0.1, 0.15) is 0 Å². The molecule has 3 fully saturated rings. The van der Waals surface area contributed by atoms with E-state index in [1.807, 2.05) is 78.9 Å². The quantitative estimate of drug-likeness (QED) is 0.153. The van der Waals surface area contributed by atoms with Crippen molar-refractivity contribution in [2.45, 2.75) is 49.6 Å². The highest BCUT2D eigenvalue weighted by atomic mass is 16.5. The number of phenolic OH excluding ortho intramolecular Hbond substituents is 1. The number of nitrogens with zero attached hydrogens (tertiary/aromatic N) is 2. The van der Waals surface area contributed by atoms with Gasteiger partial charge in [0.15, 0.2) is 23.1 Å². The molecular formula is C48H46N2O7. The Kier molecular flexibility index (Phi) is 9.44. The van der Waals surface area contributed by atoms with Gasteiger partial charge >= 0.3 is 0 Å². The molecule has 0 bridgehead atoms. The highest BCUT2D eigenvalue weighted by Crippen LogP contribution is 2.64. The second-order valence-corrected chi connectivity index (χ2v) is 16.1. The number of hydrogen-bond donors (Lipinski definition) is 1. The number of ketones is 2. The number of Topliss-reactive ketones (excluding diaryl/α,β-unsaturated/α-hetero) is 1. The molecule has 1 saturated carbocycles. The number of methoxy groups -OCH3 is 2. The van der Waals surface area contributed by atoms with Gasteiger partial charge in [0.05, 0.1) is 31.5 Å². The van der Waals surface area contributed by atoms with Gasteiger partial charge in [-0.3, -0.25) is 29.0 Å². The normalized spacial score (nSPS) is 27.6. The molecular weight excluding hydrogens is 717 g/mol. The molecule has 0 radical (unpaired) electrons. The number of allylic oxidation sites excluding steroid dienone is 4. The number of rotatable bonds is 8. The standard InChI is InChI=1S/C48H46N2O7/c1-56-39-24-31(25-40(57-2)45(39)53)43-34-18-19-35-42(47(55)50(46(35)54)33-20-22-49(23-21-33)28-29-12-6-3-7-13-29)37(34)26-38-44(52)36(30-14-8-4-9-15-30)27-41(51)48(38,43)32-16-10-5-11-17-32/h3-18,24-25,27,33,35,37-38,42-43,53H,19-23,26,28H2,1-2H3. The number of amides is 2. The van der Waals surface area contributed by atoms with Gasteiger partial charge in [0.25, 0.3) is 0 Å². The third kappa shape index (κ3) is 5.85. The molecule has 1 N–H and O–H groups in total. The van der Waals surface area contributed by atoms with Crippen LogP contribution < -0.4 is 9.47 Å². The Balaban J connectivity index is 1.16. The zero-order valence-electron chi connectivity index (χ0n) is 32.2. The number of fused-ring (bicyclic) bond motifs is 4. The average molecular weight is 763 g/mol. The lowest BCUT2D eigenvalue weighted by Crippen LogP contribution is -2.58. The minimum Gasteiger partial charge on any atom is -0.502 e. The number of hydrogen-bond acceptors (Lipinski definition) is 8. The molecule has 9 heteroatoms.